The Kier molecular flexibility index (Phi) is 7.08. The van der Waals surface area contributed by atoms with Crippen molar-refractivity contribution >= 4 is 10.8 Å². The molecule has 0 amide bonds. The zero-order chi connectivity index (χ0) is 12.5. The Labute approximate surface area is 106 Å². The lowest BCUT2D eigenvalue weighted by Crippen LogP contribution is -2.24. The van der Waals surface area contributed by atoms with Crippen LogP contribution in [0.3, 0.4) is 0 Å². The lowest BCUT2D eigenvalue weighted by molar-refractivity contribution is 0.122. The van der Waals surface area contributed by atoms with Gasteiger partial charge in [0.2, 0.25) is 0 Å². The molecule has 2 unspecified atom stereocenters. The SMILES string of the molecule is CC(N)CS(=O)CCCOCc1ccccc1. The molecule has 17 heavy (non-hydrogen) atoms. The summed E-state index contributed by atoms with van der Waals surface area (Å²) in [6, 6.07) is 10.1. The maximum Gasteiger partial charge on any atom is 0.0716 e. The highest BCUT2D eigenvalue weighted by atomic mass is 32.2. The number of hydrogen-bond acceptors (Lipinski definition) is 3. The maximum atomic E-state index is 11.5. The molecule has 0 fully saturated rings. The van der Waals surface area contributed by atoms with Gasteiger partial charge in [-0.05, 0) is 18.9 Å². The molecular formula is C13H21NO2S. The van der Waals surface area contributed by atoms with Crippen LogP contribution in [-0.4, -0.2) is 28.4 Å². The molecule has 3 nitrogen and oxygen atoms in total. The molecule has 1 aromatic rings. The normalized spacial score (nSPS) is 14.5. The van der Waals surface area contributed by atoms with Gasteiger partial charge >= 0.3 is 0 Å². The largest absolute Gasteiger partial charge is 0.377 e. The van der Waals surface area contributed by atoms with E-state index in [2.05, 4.69) is 0 Å². The van der Waals surface area contributed by atoms with Crippen LogP contribution >= 0.6 is 0 Å². The first-order valence-electron chi connectivity index (χ1n) is 5.90. The molecule has 1 rings (SSSR count). The van der Waals surface area contributed by atoms with Gasteiger partial charge in [-0.15, -0.1) is 0 Å². The van der Waals surface area contributed by atoms with Gasteiger partial charge < -0.3 is 10.5 Å². The van der Waals surface area contributed by atoms with E-state index in [9.17, 15) is 4.21 Å². The van der Waals surface area contributed by atoms with Crippen molar-refractivity contribution in [3.05, 3.63) is 35.9 Å². The third-order valence-corrected chi connectivity index (χ3v) is 3.86. The number of benzene rings is 1. The van der Waals surface area contributed by atoms with Crippen LogP contribution < -0.4 is 5.73 Å². The van der Waals surface area contributed by atoms with Gasteiger partial charge in [0, 0.05) is 35.0 Å². The van der Waals surface area contributed by atoms with Gasteiger partial charge in [0.1, 0.15) is 0 Å². The van der Waals surface area contributed by atoms with E-state index in [0.717, 1.165) is 6.42 Å². The molecule has 0 aromatic heterocycles. The summed E-state index contributed by atoms with van der Waals surface area (Å²) in [6.07, 6.45) is 0.826. The summed E-state index contributed by atoms with van der Waals surface area (Å²) in [5.74, 6) is 1.26. The monoisotopic (exact) mass is 255 g/mol. The highest BCUT2D eigenvalue weighted by Crippen LogP contribution is 2.01. The van der Waals surface area contributed by atoms with Crippen molar-refractivity contribution in [2.75, 3.05) is 18.1 Å². The molecule has 0 heterocycles. The summed E-state index contributed by atoms with van der Waals surface area (Å²) in [5.41, 5.74) is 6.75. The van der Waals surface area contributed by atoms with Crippen molar-refractivity contribution in [3.8, 4) is 0 Å². The van der Waals surface area contributed by atoms with Gasteiger partial charge in [-0.1, -0.05) is 30.3 Å². The van der Waals surface area contributed by atoms with E-state index in [-0.39, 0.29) is 6.04 Å². The molecule has 0 aliphatic heterocycles. The van der Waals surface area contributed by atoms with E-state index in [0.29, 0.717) is 24.7 Å². The van der Waals surface area contributed by atoms with Crippen molar-refractivity contribution in [2.45, 2.75) is 26.0 Å². The maximum absolute atomic E-state index is 11.5. The number of ether oxygens (including phenoxy) is 1. The van der Waals surface area contributed by atoms with E-state index < -0.39 is 10.8 Å². The minimum absolute atomic E-state index is 0.0149. The average Bonchev–Trinajstić information content (AvgIpc) is 2.29. The van der Waals surface area contributed by atoms with Gasteiger partial charge in [0.15, 0.2) is 0 Å². The van der Waals surface area contributed by atoms with Crippen molar-refractivity contribution in [3.63, 3.8) is 0 Å². The summed E-state index contributed by atoms with van der Waals surface area (Å²) < 4.78 is 17.0. The molecule has 2 atom stereocenters. The summed E-state index contributed by atoms with van der Waals surface area (Å²) in [4.78, 5) is 0. The molecule has 1 aromatic carbocycles. The Hall–Kier alpha value is -0.710. The minimum Gasteiger partial charge on any atom is -0.377 e. The Morgan fingerprint density at radius 3 is 2.71 bits per heavy atom. The van der Waals surface area contributed by atoms with Crippen molar-refractivity contribution in [2.24, 2.45) is 5.73 Å². The molecule has 96 valence electrons. The fraction of sp³-hybridized carbons (Fsp3) is 0.538. The predicted octanol–water partition coefficient (Wildman–Crippen LogP) is 1.69. The van der Waals surface area contributed by atoms with Crippen LogP contribution in [0.4, 0.5) is 0 Å². The first kappa shape index (κ1) is 14.4. The summed E-state index contributed by atoms with van der Waals surface area (Å²) in [7, 11) is -0.803. The molecule has 2 N–H and O–H groups in total. The zero-order valence-corrected chi connectivity index (χ0v) is 11.1. The molecule has 0 saturated carbocycles. The Bertz CT molecular complexity index is 327. The van der Waals surface area contributed by atoms with Gasteiger partial charge in [-0.25, -0.2) is 0 Å². The van der Waals surface area contributed by atoms with Crippen molar-refractivity contribution < 1.29 is 8.95 Å². The molecule has 0 spiro atoms. The molecule has 0 aliphatic rings. The van der Waals surface area contributed by atoms with Crippen molar-refractivity contribution in [1.29, 1.82) is 0 Å². The number of hydrogen-bond donors (Lipinski definition) is 1. The highest BCUT2D eigenvalue weighted by molar-refractivity contribution is 7.85. The molecule has 0 radical (unpaired) electrons. The van der Waals surface area contributed by atoms with Gasteiger partial charge in [0.25, 0.3) is 0 Å². The zero-order valence-electron chi connectivity index (χ0n) is 10.3. The van der Waals surface area contributed by atoms with Crippen molar-refractivity contribution in [1.82, 2.24) is 0 Å². The topological polar surface area (TPSA) is 52.3 Å². The molecule has 0 aliphatic carbocycles. The van der Waals surface area contributed by atoms with Gasteiger partial charge in [-0.2, -0.15) is 0 Å². The first-order chi connectivity index (χ1) is 8.18. The fourth-order valence-electron chi connectivity index (χ4n) is 1.46. The van der Waals surface area contributed by atoms with Crippen LogP contribution in [0.15, 0.2) is 30.3 Å². The molecule has 0 saturated heterocycles. The average molecular weight is 255 g/mol. The Morgan fingerprint density at radius 1 is 1.35 bits per heavy atom. The standard InChI is InChI=1S/C13H21NO2S/c1-12(14)11-17(15)9-5-8-16-10-13-6-3-2-4-7-13/h2-4,6-7,12H,5,8-11,14H2,1H3. The van der Waals surface area contributed by atoms with Crippen LogP contribution in [-0.2, 0) is 22.1 Å². The summed E-state index contributed by atoms with van der Waals surface area (Å²) in [5, 5.41) is 0. The van der Waals surface area contributed by atoms with Crippen LogP contribution in [0.2, 0.25) is 0 Å². The summed E-state index contributed by atoms with van der Waals surface area (Å²) in [6.45, 7) is 3.16. The lowest BCUT2D eigenvalue weighted by Gasteiger charge is -2.06. The first-order valence-corrected chi connectivity index (χ1v) is 7.39. The fourth-order valence-corrected chi connectivity index (χ4v) is 2.66. The van der Waals surface area contributed by atoms with E-state index in [1.165, 1.54) is 5.56 Å². The third kappa shape index (κ3) is 7.26. The quantitative estimate of drug-likeness (QED) is 0.719. The van der Waals surface area contributed by atoms with Crippen LogP contribution in [0.5, 0.6) is 0 Å². The predicted molar refractivity (Wildman–Crippen MR) is 72.2 cm³/mol. The smallest absolute Gasteiger partial charge is 0.0716 e. The second-order valence-electron chi connectivity index (χ2n) is 4.18. The molecule has 4 heteroatoms. The van der Waals surface area contributed by atoms with E-state index >= 15 is 0 Å². The number of nitrogens with two attached hydrogens (primary N) is 1. The Balaban J connectivity index is 2.03. The van der Waals surface area contributed by atoms with Crippen LogP contribution in [0.1, 0.15) is 18.9 Å². The van der Waals surface area contributed by atoms with E-state index in [1.807, 2.05) is 37.3 Å². The highest BCUT2D eigenvalue weighted by Gasteiger charge is 2.02. The summed E-state index contributed by atoms with van der Waals surface area (Å²) >= 11 is 0. The second-order valence-corrected chi connectivity index (χ2v) is 5.80. The number of rotatable bonds is 8. The Morgan fingerprint density at radius 2 is 2.06 bits per heavy atom. The van der Waals surface area contributed by atoms with E-state index in [4.69, 9.17) is 10.5 Å². The minimum atomic E-state index is -0.803. The van der Waals surface area contributed by atoms with Gasteiger partial charge in [-0.3, -0.25) is 4.21 Å². The van der Waals surface area contributed by atoms with Crippen LogP contribution in [0, 0.1) is 0 Å². The molecular weight excluding hydrogens is 234 g/mol. The lowest BCUT2D eigenvalue weighted by atomic mass is 10.2. The third-order valence-electron chi connectivity index (χ3n) is 2.22. The van der Waals surface area contributed by atoms with Gasteiger partial charge in [0.05, 0.1) is 6.61 Å². The molecule has 0 bridgehead atoms. The second kappa shape index (κ2) is 8.39. The van der Waals surface area contributed by atoms with Crippen LogP contribution in [0.25, 0.3) is 0 Å². The van der Waals surface area contributed by atoms with E-state index in [1.54, 1.807) is 0 Å².